The Hall–Kier alpha value is -1.82. The van der Waals surface area contributed by atoms with E-state index >= 15 is 0 Å². The fourth-order valence-corrected chi connectivity index (χ4v) is 0.995. The summed E-state index contributed by atoms with van der Waals surface area (Å²) in [5.74, 6) is 0. The van der Waals surface area contributed by atoms with E-state index < -0.39 is 0 Å². The monoisotopic (exact) mass is 143 g/mol. The molecule has 3 heteroatoms. The second kappa shape index (κ2) is 2.10. The minimum Gasteiger partial charge on any atom is -0.279 e. The molecule has 0 saturated carbocycles. The lowest BCUT2D eigenvalue weighted by Crippen LogP contribution is -1.66. The standard InChI is InChI=1S/C8H5N3/c1-9-7-3-2-6-5-10-11-8(6)4-7/h2-5H,(H,10,11). The number of aromatic amines is 1. The highest BCUT2D eigenvalue weighted by atomic mass is 15.1. The Labute approximate surface area is 63.5 Å². The van der Waals surface area contributed by atoms with Crippen molar-refractivity contribution in [3.63, 3.8) is 0 Å². The van der Waals surface area contributed by atoms with Crippen LogP contribution in [-0.4, -0.2) is 10.2 Å². The van der Waals surface area contributed by atoms with Crippen molar-refractivity contribution in [3.05, 3.63) is 35.8 Å². The average Bonchev–Trinajstić information content (AvgIpc) is 2.50. The van der Waals surface area contributed by atoms with Gasteiger partial charge in [0.15, 0.2) is 5.69 Å². The molecular weight excluding hydrogens is 138 g/mol. The lowest BCUT2D eigenvalue weighted by molar-refractivity contribution is 1.12. The minimum atomic E-state index is 0.641. The van der Waals surface area contributed by atoms with E-state index in [-0.39, 0.29) is 0 Å². The van der Waals surface area contributed by atoms with Gasteiger partial charge in [-0.1, -0.05) is 12.1 Å². The normalized spacial score (nSPS) is 9.73. The lowest BCUT2D eigenvalue weighted by atomic mass is 10.2. The molecule has 52 valence electrons. The Morgan fingerprint density at radius 3 is 3.18 bits per heavy atom. The van der Waals surface area contributed by atoms with Gasteiger partial charge < -0.3 is 0 Å². The number of hydrogen-bond donors (Lipinski definition) is 1. The maximum Gasteiger partial charge on any atom is 0.189 e. The minimum absolute atomic E-state index is 0.641. The van der Waals surface area contributed by atoms with Gasteiger partial charge in [0.05, 0.1) is 18.3 Å². The molecule has 0 aliphatic heterocycles. The van der Waals surface area contributed by atoms with Crippen LogP contribution in [0.5, 0.6) is 0 Å². The van der Waals surface area contributed by atoms with Crippen LogP contribution in [0.3, 0.4) is 0 Å². The largest absolute Gasteiger partial charge is 0.279 e. The number of fused-ring (bicyclic) bond motifs is 1. The zero-order valence-electron chi connectivity index (χ0n) is 5.70. The number of nitrogens with zero attached hydrogens (tertiary/aromatic N) is 2. The Morgan fingerprint density at radius 1 is 1.45 bits per heavy atom. The van der Waals surface area contributed by atoms with Crippen molar-refractivity contribution in [1.29, 1.82) is 0 Å². The smallest absolute Gasteiger partial charge is 0.189 e. The van der Waals surface area contributed by atoms with Gasteiger partial charge in [-0.05, 0) is 6.07 Å². The van der Waals surface area contributed by atoms with Gasteiger partial charge in [-0.15, -0.1) is 0 Å². The number of benzene rings is 1. The predicted octanol–water partition coefficient (Wildman–Crippen LogP) is 2.11. The first-order valence-electron chi connectivity index (χ1n) is 3.21. The number of nitrogens with one attached hydrogen (secondary N) is 1. The molecule has 0 saturated heterocycles. The third-order valence-corrected chi connectivity index (χ3v) is 1.55. The van der Waals surface area contributed by atoms with E-state index in [0.717, 1.165) is 10.9 Å². The molecule has 1 aromatic heterocycles. The summed E-state index contributed by atoms with van der Waals surface area (Å²) in [6.07, 6.45) is 1.74. The molecule has 2 aromatic rings. The summed E-state index contributed by atoms with van der Waals surface area (Å²) in [5.41, 5.74) is 1.56. The molecule has 0 aliphatic carbocycles. The number of H-pyrrole nitrogens is 1. The summed E-state index contributed by atoms with van der Waals surface area (Å²) < 4.78 is 0. The van der Waals surface area contributed by atoms with Gasteiger partial charge in [-0.3, -0.25) is 5.10 Å². The molecule has 0 aliphatic rings. The summed E-state index contributed by atoms with van der Waals surface area (Å²) in [6.45, 7) is 6.76. The molecule has 0 bridgehead atoms. The molecule has 0 spiro atoms. The quantitative estimate of drug-likeness (QED) is 0.563. The summed E-state index contributed by atoms with van der Waals surface area (Å²) in [5, 5.41) is 7.69. The number of rotatable bonds is 0. The number of hydrogen-bond acceptors (Lipinski definition) is 1. The second-order valence-electron chi connectivity index (χ2n) is 2.25. The molecule has 1 N–H and O–H groups in total. The highest BCUT2D eigenvalue weighted by Crippen LogP contribution is 2.18. The Bertz CT molecular complexity index is 422. The molecule has 2 rings (SSSR count). The maximum atomic E-state index is 6.76. The van der Waals surface area contributed by atoms with Crippen LogP contribution in [0.25, 0.3) is 15.7 Å². The van der Waals surface area contributed by atoms with Crippen LogP contribution in [0.2, 0.25) is 0 Å². The Kier molecular flexibility index (Phi) is 1.13. The molecule has 0 radical (unpaired) electrons. The van der Waals surface area contributed by atoms with Crippen molar-refractivity contribution in [1.82, 2.24) is 10.2 Å². The van der Waals surface area contributed by atoms with E-state index in [1.54, 1.807) is 18.3 Å². The summed E-state index contributed by atoms with van der Waals surface area (Å²) in [7, 11) is 0. The van der Waals surface area contributed by atoms with Crippen molar-refractivity contribution < 1.29 is 0 Å². The van der Waals surface area contributed by atoms with E-state index in [1.165, 1.54) is 0 Å². The van der Waals surface area contributed by atoms with Gasteiger partial charge in [0.2, 0.25) is 0 Å². The van der Waals surface area contributed by atoms with E-state index in [9.17, 15) is 0 Å². The molecule has 3 nitrogen and oxygen atoms in total. The zero-order chi connectivity index (χ0) is 7.68. The molecule has 1 heterocycles. The van der Waals surface area contributed by atoms with E-state index in [2.05, 4.69) is 15.0 Å². The van der Waals surface area contributed by atoms with E-state index in [4.69, 9.17) is 6.57 Å². The Morgan fingerprint density at radius 2 is 2.36 bits per heavy atom. The topological polar surface area (TPSA) is 33.0 Å². The van der Waals surface area contributed by atoms with E-state index in [0.29, 0.717) is 5.69 Å². The molecule has 0 fully saturated rings. The fourth-order valence-electron chi connectivity index (χ4n) is 0.995. The van der Waals surface area contributed by atoms with Crippen molar-refractivity contribution in [2.24, 2.45) is 0 Å². The fraction of sp³-hybridized carbons (Fsp3) is 0. The first-order chi connectivity index (χ1) is 5.40. The zero-order valence-corrected chi connectivity index (χ0v) is 5.70. The highest BCUT2D eigenvalue weighted by Gasteiger charge is 1.95. The highest BCUT2D eigenvalue weighted by molar-refractivity contribution is 5.81. The van der Waals surface area contributed by atoms with Crippen LogP contribution >= 0.6 is 0 Å². The molecule has 0 atom stereocenters. The summed E-state index contributed by atoms with van der Waals surface area (Å²) in [6, 6.07) is 5.45. The van der Waals surface area contributed by atoms with Gasteiger partial charge >= 0.3 is 0 Å². The third kappa shape index (κ3) is 0.849. The molecular formula is C8H5N3. The second-order valence-corrected chi connectivity index (χ2v) is 2.25. The predicted molar refractivity (Wildman–Crippen MR) is 42.4 cm³/mol. The third-order valence-electron chi connectivity index (χ3n) is 1.55. The molecule has 0 amide bonds. The summed E-state index contributed by atoms with van der Waals surface area (Å²) in [4.78, 5) is 3.30. The molecule has 11 heavy (non-hydrogen) atoms. The van der Waals surface area contributed by atoms with Crippen LogP contribution in [0, 0.1) is 6.57 Å². The van der Waals surface area contributed by atoms with Gasteiger partial charge in [0, 0.05) is 5.39 Å². The van der Waals surface area contributed by atoms with Crippen molar-refractivity contribution in [2.75, 3.05) is 0 Å². The average molecular weight is 143 g/mol. The Balaban J connectivity index is 2.79. The maximum absolute atomic E-state index is 6.76. The van der Waals surface area contributed by atoms with Crippen LogP contribution in [0.15, 0.2) is 24.4 Å². The van der Waals surface area contributed by atoms with Crippen molar-refractivity contribution >= 4 is 16.6 Å². The van der Waals surface area contributed by atoms with Crippen LogP contribution < -0.4 is 0 Å². The van der Waals surface area contributed by atoms with Crippen LogP contribution in [-0.2, 0) is 0 Å². The number of aromatic nitrogens is 2. The molecule has 1 aromatic carbocycles. The van der Waals surface area contributed by atoms with Gasteiger partial charge in [-0.25, -0.2) is 4.85 Å². The van der Waals surface area contributed by atoms with Crippen LogP contribution in [0.1, 0.15) is 0 Å². The van der Waals surface area contributed by atoms with E-state index in [1.807, 2.05) is 6.07 Å². The first kappa shape index (κ1) is 5.93. The van der Waals surface area contributed by atoms with Gasteiger partial charge in [0.25, 0.3) is 0 Å². The molecule has 0 unspecified atom stereocenters. The van der Waals surface area contributed by atoms with Crippen molar-refractivity contribution in [3.8, 4) is 0 Å². The van der Waals surface area contributed by atoms with Crippen molar-refractivity contribution in [2.45, 2.75) is 0 Å². The van der Waals surface area contributed by atoms with Gasteiger partial charge in [0.1, 0.15) is 0 Å². The first-order valence-corrected chi connectivity index (χ1v) is 3.21. The SMILES string of the molecule is [C-]#[N+]c1ccc2cn[nH]c2c1. The van der Waals surface area contributed by atoms with Crippen LogP contribution in [0.4, 0.5) is 5.69 Å². The van der Waals surface area contributed by atoms with Gasteiger partial charge in [-0.2, -0.15) is 5.10 Å². The lowest BCUT2D eigenvalue weighted by Gasteiger charge is -1.87. The summed E-state index contributed by atoms with van der Waals surface area (Å²) >= 11 is 0.